The first kappa shape index (κ1) is 11.9. The number of hydrogen-bond donors (Lipinski definition) is 0. The van der Waals surface area contributed by atoms with Crippen LogP contribution in [-0.2, 0) is 6.18 Å². The molecule has 6 heteroatoms. The van der Waals surface area contributed by atoms with E-state index in [9.17, 15) is 13.2 Å². The molecule has 0 bridgehead atoms. The second-order valence-electron chi connectivity index (χ2n) is 3.23. The first-order valence-corrected chi connectivity index (χ1v) is 5.01. The Morgan fingerprint density at radius 3 is 2.35 bits per heavy atom. The summed E-state index contributed by atoms with van der Waals surface area (Å²) in [7, 11) is 0. The van der Waals surface area contributed by atoms with Crippen molar-refractivity contribution in [2.24, 2.45) is 0 Å². The van der Waals surface area contributed by atoms with Crippen LogP contribution in [0, 0.1) is 0 Å². The highest BCUT2D eigenvalue weighted by Gasteiger charge is 2.37. The van der Waals surface area contributed by atoms with Crippen molar-refractivity contribution in [3.05, 3.63) is 47.2 Å². The molecule has 0 saturated carbocycles. The number of aromatic nitrogens is 2. The van der Waals surface area contributed by atoms with Gasteiger partial charge in [0.05, 0.1) is 10.7 Å². The van der Waals surface area contributed by atoms with Crippen molar-refractivity contribution in [3.8, 4) is 11.4 Å². The third-order valence-electron chi connectivity index (χ3n) is 2.09. The summed E-state index contributed by atoms with van der Waals surface area (Å²) in [6, 6.07) is 5.76. The molecule has 0 aliphatic carbocycles. The zero-order chi connectivity index (χ0) is 12.5. The molecule has 0 aromatic carbocycles. The molecule has 0 N–H and O–H groups in total. The van der Waals surface area contributed by atoms with Crippen LogP contribution in [0.25, 0.3) is 11.4 Å². The van der Waals surface area contributed by atoms with Gasteiger partial charge in [-0.15, -0.1) is 0 Å². The fraction of sp³-hybridized carbons (Fsp3) is 0.0909. The summed E-state index contributed by atoms with van der Waals surface area (Å²) in [5, 5.41) is -0.381. The Labute approximate surface area is 100 Å². The van der Waals surface area contributed by atoms with Gasteiger partial charge in [-0.2, -0.15) is 13.2 Å². The topological polar surface area (TPSA) is 25.8 Å². The first-order valence-electron chi connectivity index (χ1n) is 4.63. The molecule has 0 aliphatic heterocycles. The second-order valence-corrected chi connectivity index (χ2v) is 3.64. The monoisotopic (exact) mass is 258 g/mol. The molecule has 2 nitrogen and oxygen atoms in total. The standard InChI is InChI=1S/C11H6ClF3N2/c12-7-4-6-17-10(9(7)11(13,14)15)8-3-1-2-5-16-8/h1-6H. The fourth-order valence-electron chi connectivity index (χ4n) is 1.40. The highest BCUT2D eigenvalue weighted by molar-refractivity contribution is 6.31. The van der Waals surface area contributed by atoms with E-state index in [1.165, 1.54) is 18.5 Å². The van der Waals surface area contributed by atoms with Gasteiger partial charge >= 0.3 is 6.18 Å². The summed E-state index contributed by atoms with van der Waals surface area (Å²) in [5.41, 5.74) is -1.08. The Bertz CT molecular complexity index is 526. The number of pyridine rings is 2. The minimum atomic E-state index is -4.56. The molecule has 88 valence electrons. The number of rotatable bonds is 1. The van der Waals surface area contributed by atoms with Crippen molar-refractivity contribution < 1.29 is 13.2 Å². The lowest BCUT2D eigenvalue weighted by Crippen LogP contribution is -2.09. The van der Waals surface area contributed by atoms with E-state index in [0.717, 1.165) is 6.07 Å². The van der Waals surface area contributed by atoms with Crippen molar-refractivity contribution in [1.29, 1.82) is 0 Å². The molecule has 17 heavy (non-hydrogen) atoms. The third-order valence-corrected chi connectivity index (χ3v) is 2.41. The van der Waals surface area contributed by atoms with Gasteiger partial charge in [-0.05, 0) is 18.2 Å². The highest BCUT2D eigenvalue weighted by Crippen LogP contribution is 2.39. The smallest absolute Gasteiger partial charge is 0.255 e. The Balaban J connectivity index is 2.67. The van der Waals surface area contributed by atoms with Gasteiger partial charge in [-0.25, -0.2) is 0 Å². The molecule has 2 heterocycles. The molecule has 0 unspecified atom stereocenters. The van der Waals surface area contributed by atoms with Gasteiger partial charge in [0.25, 0.3) is 0 Å². The summed E-state index contributed by atoms with van der Waals surface area (Å²) in [4.78, 5) is 7.55. The molecule has 2 aromatic heterocycles. The van der Waals surface area contributed by atoms with Gasteiger partial charge in [0.1, 0.15) is 11.3 Å². The van der Waals surface area contributed by atoms with Crippen LogP contribution in [0.3, 0.4) is 0 Å². The lowest BCUT2D eigenvalue weighted by molar-refractivity contribution is -0.137. The lowest BCUT2D eigenvalue weighted by atomic mass is 10.1. The van der Waals surface area contributed by atoms with Crippen molar-refractivity contribution in [2.75, 3.05) is 0 Å². The van der Waals surface area contributed by atoms with Crippen LogP contribution in [-0.4, -0.2) is 9.97 Å². The Morgan fingerprint density at radius 1 is 1.00 bits per heavy atom. The van der Waals surface area contributed by atoms with E-state index in [0.29, 0.717) is 0 Å². The van der Waals surface area contributed by atoms with E-state index in [1.54, 1.807) is 12.1 Å². The average Bonchev–Trinajstić information content (AvgIpc) is 2.28. The normalized spacial score (nSPS) is 11.5. The minimum Gasteiger partial charge on any atom is -0.255 e. The number of alkyl halides is 3. The van der Waals surface area contributed by atoms with Crippen molar-refractivity contribution in [2.45, 2.75) is 6.18 Å². The number of halogens is 4. The lowest BCUT2D eigenvalue weighted by Gasteiger charge is -2.12. The van der Waals surface area contributed by atoms with Crippen LogP contribution in [0.1, 0.15) is 5.56 Å². The molecule has 2 aromatic rings. The van der Waals surface area contributed by atoms with Crippen LogP contribution in [0.2, 0.25) is 5.02 Å². The number of hydrogen-bond acceptors (Lipinski definition) is 2. The van der Waals surface area contributed by atoms with Crippen LogP contribution >= 0.6 is 11.6 Å². The molecular formula is C11H6ClF3N2. The largest absolute Gasteiger partial charge is 0.420 e. The summed E-state index contributed by atoms with van der Waals surface area (Å²) in [5.74, 6) is 0. The predicted octanol–water partition coefficient (Wildman–Crippen LogP) is 3.82. The van der Waals surface area contributed by atoms with Crippen molar-refractivity contribution in [3.63, 3.8) is 0 Å². The summed E-state index contributed by atoms with van der Waals surface area (Å²) in [6.45, 7) is 0. The quantitative estimate of drug-likeness (QED) is 0.777. The van der Waals surface area contributed by atoms with Crippen LogP contribution in [0.4, 0.5) is 13.2 Å². The van der Waals surface area contributed by atoms with E-state index in [-0.39, 0.29) is 16.4 Å². The van der Waals surface area contributed by atoms with Gasteiger partial charge in [0, 0.05) is 12.4 Å². The summed E-state index contributed by atoms with van der Waals surface area (Å²) in [6.07, 6.45) is -1.93. The Morgan fingerprint density at radius 2 is 1.76 bits per heavy atom. The van der Waals surface area contributed by atoms with Gasteiger partial charge in [0.15, 0.2) is 0 Å². The van der Waals surface area contributed by atoms with E-state index in [2.05, 4.69) is 9.97 Å². The van der Waals surface area contributed by atoms with Gasteiger partial charge < -0.3 is 0 Å². The number of nitrogens with zero attached hydrogens (tertiary/aromatic N) is 2. The molecule has 0 atom stereocenters. The van der Waals surface area contributed by atoms with E-state index in [1.807, 2.05) is 0 Å². The van der Waals surface area contributed by atoms with E-state index in [4.69, 9.17) is 11.6 Å². The zero-order valence-electron chi connectivity index (χ0n) is 8.37. The molecule has 0 radical (unpaired) electrons. The molecule has 0 spiro atoms. The SMILES string of the molecule is FC(F)(F)c1c(Cl)ccnc1-c1ccccn1. The van der Waals surface area contributed by atoms with Gasteiger partial charge in [-0.3, -0.25) is 9.97 Å². The van der Waals surface area contributed by atoms with E-state index >= 15 is 0 Å². The van der Waals surface area contributed by atoms with Crippen LogP contribution < -0.4 is 0 Å². The van der Waals surface area contributed by atoms with Crippen molar-refractivity contribution in [1.82, 2.24) is 9.97 Å². The second kappa shape index (κ2) is 4.33. The Kier molecular flexibility index (Phi) is 3.02. The van der Waals surface area contributed by atoms with Crippen molar-refractivity contribution >= 4 is 11.6 Å². The molecule has 0 saturated heterocycles. The predicted molar refractivity (Wildman–Crippen MR) is 57.5 cm³/mol. The maximum Gasteiger partial charge on any atom is 0.420 e. The zero-order valence-corrected chi connectivity index (χ0v) is 9.13. The van der Waals surface area contributed by atoms with Crippen LogP contribution in [0.15, 0.2) is 36.7 Å². The third kappa shape index (κ3) is 2.39. The van der Waals surface area contributed by atoms with Crippen LogP contribution in [0.5, 0.6) is 0 Å². The molecule has 2 rings (SSSR count). The molecule has 0 amide bonds. The minimum absolute atomic E-state index is 0.141. The molecule has 0 aliphatic rings. The summed E-state index contributed by atoms with van der Waals surface area (Å²) >= 11 is 5.58. The molecular weight excluding hydrogens is 253 g/mol. The van der Waals surface area contributed by atoms with Gasteiger partial charge in [0.2, 0.25) is 0 Å². The average molecular weight is 259 g/mol. The van der Waals surface area contributed by atoms with Gasteiger partial charge in [-0.1, -0.05) is 17.7 Å². The molecule has 0 fully saturated rings. The maximum absolute atomic E-state index is 12.8. The maximum atomic E-state index is 12.8. The van der Waals surface area contributed by atoms with E-state index < -0.39 is 11.7 Å². The first-order chi connectivity index (χ1) is 8.00. The Hall–Kier alpha value is -1.62. The fourth-order valence-corrected chi connectivity index (χ4v) is 1.66. The highest BCUT2D eigenvalue weighted by atomic mass is 35.5. The summed E-state index contributed by atoms with van der Waals surface area (Å²) < 4.78 is 38.5.